The fourth-order valence-electron chi connectivity index (χ4n) is 2.09. The number of aromatic amines is 1. The molecular formula is C12H17N3O2. The molecule has 1 aromatic heterocycles. The Kier molecular flexibility index (Phi) is 3.28. The van der Waals surface area contributed by atoms with Gasteiger partial charge in [0, 0.05) is 43.0 Å². The number of hydrogen-bond acceptors (Lipinski definition) is 3. The average Bonchev–Trinajstić information content (AvgIpc) is 2.32. The molecule has 1 aliphatic heterocycles. The Morgan fingerprint density at radius 2 is 2.24 bits per heavy atom. The lowest BCUT2D eigenvalue weighted by atomic mass is 10.1. The number of pyridine rings is 1. The predicted octanol–water partition coefficient (Wildman–Crippen LogP) is 0.197. The number of carbonyl (C=O) groups excluding carboxylic acids is 1. The van der Waals surface area contributed by atoms with Crippen LogP contribution in [0.2, 0.25) is 0 Å². The van der Waals surface area contributed by atoms with Gasteiger partial charge in [-0.1, -0.05) is 0 Å². The minimum atomic E-state index is -0.244. The van der Waals surface area contributed by atoms with E-state index < -0.39 is 0 Å². The molecule has 0 radical (unpaired) electrons. The molecule has 2 atom stereocenters. The third-order valence-corrected chi connectivity index (χ3v) is 3.32. The van der Waals surface area contributed by atoms with Crippen LogP contribution in [0.1, 0.15) is 24.2 Å². The molecule has 0 spiro atoms. The van der Waals surface area contributed by atoms with E-state index >= 15 is 0 Å². The average molecular weight is 235 g/mol. The van der Waals surface area contributed by atoms with Crippen molar-refractivity contribution in [3.05, 3.63) is 34.2 Å². The molecule has 1 aromatic rings. The van der Waals surface area contributed by atoms with E-state index in [0.29, 0.717) is 12.1 Å². The molecular weight excluding hydrogens is 218 g/mol. The summed E-state index contributed by atoms with van der Waals surface area (Å²) >= 11 is 0. The van der Waals surface area contributed by atoms with Crippen LogP contribution in [0.15, 0.2) is 23.1 Å². The van der Waals surface area contributed by atoms with E-state index in [0.717, 1.165) is 6.54 Å². The lowest BCUT2D eigenvalue weighted by Gasteiger charge is -2.38. The second-order valence-corrected chi connectivity index (χ2v) is 4.42. The van der Waals surface area contributed by atoms with Gasteiger partial charge >= 0.3 is 0 Å². The van der Waals surface area contributed by atoms with Crippen molar-refractivity contribution in [3.63, 3.8) is 0 Å². The van der Waals surface area contributed by atoms with E-state index in [2.05, 4.69) is 17.2 Å². The zero-order chi connectivity index (χ0) is 12.4. The summed E-state index contributed by atoms with van der Waals surface area (Å²) in [5, 5.41) is 3.32. The van der Waals surface area contributed by atoms with Crippen LogP contribution in [0.25, 0.3) is 0 Å². The number of hydrogen-bond donors (Lipinski definition) is 2. The van der Waals surface area contributed by atoms with Crippen LogP contribution < -0.4 is 10.9 Å². The fourth-order valence-corrected chi connectivity index (χ4v) is 2.09. The summed E-state index contributed by atoms with van der Waals surface area (Å²) in [6.45, 7) is 5.54. The smallest absolute Gasteiger partial charge is 0.254 e. The molecule has 2 N–H and O–H groups in total. The number of H-pyrrole nitrogens is 1. The lowest BCUT2D eigenvalue weighted by Crippen LogP contribution is -2.57. The largest absolute Gasteiger partial charge is 0.333 e. The quantitative estimate of drug-likeness (QED) is 0.730. The van der Waals surface area contributed by atoms with Crippen LogP contribution in [0.5, 0.6) is 0 Å². The van der Waals surface area contributed by atoms with Crippen molar-refractivity contribution in [2.45, 2.75) is 25.9 Å². The zero-order valence-electron chi connectivity index (χ0n) is 10.1. The number of aromatic nitrogens is 1. The Labute approximate surface area is 99.8 Å². The molecule has 0 saturated carbocycles. The maximum atomic E-state index is 12.3. The van der Waals surface area contributed by atoms with Gasteiger partial charge in [-0.2, -0.15) is 0 Å². The Morgan fingerprint density at radius 1 is 1.47 bits per heavy atom. The summed E-state index contributed by atoms with van der Waals surface area (Å²) in [7, 11) is 0. The molecule has 5 nitrogen and oxygen atoms in total. The van der Waals surface area contributed by atoms with Gasteiger partial charge in [-0.3, -0.25) is 9.59 Å². The minimum absolute atomic E-state index is 0.0723. The molecule has 1 fully saturated rings. The topological polar surface area (TPSA) is 65.2 Å². The van der Waals surface area contributed by atoms with Crippen molar-refractivity contribution in [2.24, 2.45) is 0 Å². The first-order chi connectivity index (χ1) is 8.09. The standard InChI is InChI=1S/C12H17N3O2/c1-8-9(2)15(6-5-13-8)12(17)10-3-4-14-11(16)7-10/h3-4,7-9,13H,5-6H2,1-2H3,(H,14,16). The summed E-state index contributed by atoms with van der Waals surface area (Å²) in [6.07, 6.45) is 1.51. The van der Waals surface area contributed by atoms with Crippen molar-refractivity contribution in [2.75, 3.05) is 13.1 Å². The van der Waals surface area contributed by atoms with Crippen molar-refractivity contribution in [3.8, 4) is 0 Å². The van der Waals surface area contributed by atoms with Gasteiger partial charge in [0.25, 0.3) is 5.91 Å². The second-order valence-electron chi connectivity index (χ2n) is 4.42. The van der Waals surface area contributed by atoms with Crippen molar-refractivity contribution >= 4 is 5.91 Å². The van der Waals surface area contributed by atoms with E-state index in [1.807, 2.05) is 11.8 Å². The van der Waals surface area contributed by atoms with Gasteiger partial charge in [-0.15, -0.1) is 0 Å². The van der Waals surface area contributed by atoms with Crippen molar-refractivity contribution < 1.29 is 4.79 Å². The molecule has 1 saturated heterocycles. The molecule has 2 unspecified atom stereocenters. The summed E-state index contributed by atoms with van der Waals surface area (Å²) in [4.78, 5) is 27.8. The first-order valence-corrected chi connectivity index (χ1v) is 5.82. The van der Waals surface area contributed by atoms with E-state index in [1.165, 1.54) is 12.3 Å². The molecule has 0 aromatic carbocycles. The minimum Gasteiger partial charge on any atom is -0.333 e. The van der Waals surface area contributed by atoms with Gasteiger partial charge in [-0.25, -0.2) is 0 Å². The van der Waals surface area contributed by atoms with Crippen molar-refractivity contribution in [1.82, 2.24) is 15.2 Å². The Balaban J connectivity index is 2.22. The Hall–Kier alpha value is -1.62. The predicted molar refractivity (Wildman–Crippen MR) is 65.0 cm³/mol. The first kappa shape index (κ1) is 11.9. The number of nitrogens with one attached hydrogen (secondary N) is 2. The van der Waals surface area contributed by atoms with Gasteiger partial charge in [0.2, 0.25) is 5.56 Å². The van der Waals surface area contributed by atoms with Crippen LogP contribution in [0.4, 0.5) is 0 Å². The Bertz CT molecular complexity index is 469. The number of piperazine rings is 1. The van der Waals surface area contributed by atoms with Gasteiger partial charge in [0.05, 0.1) is 0 Å². The van der Waals surface area contributed by atoms with Gasteiger partial charge < -0.3 is 15.2 Å². The molecule has 5 heteroatoms. The van der Waals surface area contributed by atoms with E-state index in [-0.39, 0.29) is 23.6 Å². The summed E-state index contributed by atoms with van der Waals surface area (Å²) in [5.41, 5.74) is 0.210. The third kappa shape index (κ3) is 2.39. The second kappa shape index (κ2) is 4.71. The maximum absolute atomic E-state index is 12.3. The highest BCUT2D eigenvalue weighted by Gasteiger charge is 2.28. The number of carbonyl (C=O) groups is 1. The maximum Gasteiger partial charge on any atom is 0.254 e. The summed E-state index contributed by atoms with van der Waals surface area (Å²) in [5.74, 6) is -0.0723. The summed E-state index contributed by atoms with van der Waals surface area (Å²) < 4.78 is 0. The molecule has 92 valence electrons. The van der Waals surface area contributed by atoms with Gasteiger partial charge in [0.15, 0.2) is 0 Å². The molecule has 0 bridgehead atoms. The highest BCUT2D eigenvalue weighted by molar-refractivity contribution is 5.94. The van der Waals surface area contributed by atoms with Crippen LogP contribution in [0, 0.1) is 0 Å². The number of amides is 1. The van der Waals surface area contributed by atoms with Crippen molar-refractivity contribution in [1.29, 1.82) is 0 Å². The molecule has 0 aliphatic carbocycles. The number of nitrogens with zero attached hydrogens (tertiary/aromatic N) is 1. The summed E-state index contributed by atoms with van der Waals surface area (Å²) in [6, 6.07) is 3.40. The third-order valence-electron chi connectivity index (χ3n) is 3.32. The fraction of sp³-hybridized carbons (Fsp3) is 0.500. The monoisotopic (exact) mass is 235 g/mol. The highest BCUT2D eigenvalue weighted by atomic mass is 16.2. The molecule has 2 rings (SSSR count). The number of rotatable bonds is 1. The van der Waals surface area contributed by atoms with Gasteiger partial charge in [0.1, 0.15) is 0 Å². The molecule has 1 aliphatic rings. The van der Waals surface area contributed by atoms with Crippen LogP contribution >= 0.6 is 0 Å². The van der Waals surface area contributed by atoms with Crippen LogP contribution in [0.3, 0.4) is 0 Å². The van der Waals surface area contributed by atoms with E-state index in [4.69, 9.17) is 0 Å². The SMILES string of the molecule is CC1NCCN(C(=O)c2cc[nH]c(=O)c2)C1C. The molecule has 17 heavy (non-hydrogen) atoms. The van der Waals surface area contributed by atoms with Crippen LogP contribution in [-0.2, 0) is 0 Å². The highest BCUT2D eigenvalue weighted by Crippen LogP contribution is 2.12. The van der Waals surface area contributed by atoms with Gasteiger partial charge in [-0.05, 0) is 19.9 Å². The zero-order valence-corrected chi connectivity index (χ0v) is 10.1. The van der Waals surface area contributed by atoms with E-state index in [1.54, 1.807) is 6.07 Å². The lowest BCUT2D eigenvalue weighted by molar-refractivity contribution is 0.0602. The molecule has 2 heterocycles. The first-order valence-electron chi connectivity index (χ1n) is 5.82. The normalized spacial score (nSPS) is 24.7. The van der Waals surface area contributed by atoms with E-state index in [9.17, 15) is 9.59 Å². The van der Waals surface area contributed by atoms with Crippen LogP contribution in [-0.4, -0.2) is 41.0 Å². The Morgan fingerprint density at radius 3 is 2.94 bits per heavy atom. The molecule has 1 amide bonds.